The number of benzene rings is 3. The van der Waals surface area contributed by atoms with Crippen LogP contribution in [0.4, 0.5) is 0 Å². The molecule has 0 heterocycles. The summed E-state index contributed by atoms with van der Waals surface area (Å²) in [7, 11) is 1.74. The molecule has 0 fully saturated rings. The summed E-state index contributed by atoms with van der Waals surface area (Å²) in [5.74, 6) is -0.519. The summed E-state index contributed by atoms with van der Waals surface area (Å²) in [6.45, 7) is 1.90. The zero-order valence-corrected chi connectivity index (χ0v) is 20.9. The first-order valence-electron chi connectivity index (χ1n) is 9.42. The molecule has 0 bridgehead atoms. The molecule has 0 aromatic heterocycles. The summed E-state index contributed by atoms with van der Waals surface area (Å²) in [5.41, 5.74) is 1.98. The second kappa shape index (κ2) is 10.4. The van der Waals surface area contributed by atoms with Gasteiger partial charge in [0.05, 0.1) is 17.2 Å². The lowest BCUT2D eigenvalue weighted by Gasteiger charge is -2.32. The highest BCUT2D eigenvalue weighted by atomic mass is 127. The third-order valence-corrected chi connectivity index (χ3v) is 6.81. The van der Waals surface area contributed by atoms with Gasteiger partial charge >= 0.3 is 5.97 Å². The number of likely N-dealkylation sites (N-methyl/N-ethyl adjacent to an activating group) is 1. The van der Waals surface area contributed by atoms with Gasteiger partial charge in [0.15, 0.2) is 0 Å². The molecule has 1 amide bonds. The molecule has 0 spiro atoms. The third kappa shape index (κ3) is 5.21. The van der Waals surface area contributed by atoms with Crippen molar-refractivity contribution in [3.05, 3.63) is 103 Å². The molecule has 2 atom stereocenters. The maximum absolute atomic E-state index is 13.1. The minimum atomic E-state index is -0.606. The van der Waals surface area contributed by atoms with Gasteiger partial charge in [0.2, 0.25) is 0 Å². The van der Waals surface area contributed by atoms with Gasteiger partial charge in [0.1, 0.15) is 6.10 Å². The molecule has 0 aliphatic carbocycles. The summed E-state index contributed by atoms with van der Waals surface area (Å²) in [6.07, 6.45) is -0.606. The van der Waals surface area contributed by atoms with Crippen LogP contribution in [-0.4, -0.2) is 29.9 Å². The van der Waals surface area contributed by atoms with Crippen molar-refractivity contribution in [2.24, 2.45) is 0 Å². The van der Waals surface area contributed by atoms with Gasteiger partial charge in [-0.2, -0.15) is 0 Å². The van der Waals surface area contributed by atoms with Crippen molar-refractivity contribution < 1.29 is 14.3 Å². The Bertz CT molecular complexity index is 1040. The SMILES string of the molecule is CC([C@@H](OC(=O)c1ccccc1I)c1ccccc1)N(C)C(=O)c1ccccc1I. The van der Waals surface area contributed by atoms with Crippen molar-refractivity contribution in [2.45, 2.75) is 19.1 Å². The van der Waals surface area contributed by atoms with E-state index in [1.165, 1.54) is 0 Å². The standard InChI is InChI=1S/C24H21I2NO3/c1-16(27(2)23(28)18-12-6-8-14-20(18)25)22(17-10-4-3-5-11-17)30-24(29)19-13-7-9-15-21(19)26/h3-16,22H,1-2H3/t16?,22-/m1/s1. The molecule has 0 radical (unpaired) electrons. The molecule has 0 saturated carbocycles. The van der Waals surface area contributed by atoms with Gasteiger partial charge in [-0.15, -0.1) is 0 Å². The van der Waals surface area contributed by atoms with E-state index in [0.717, 1.165) is 12.7 Å². The number of esters is 1. The Balaban J connectivity index is 1.90. The van der Waals surface area contributed by atoms with E-state index in [4.69, 9.17) is 4.74 Å². The van der Waals surface area contributed by atoms with Crippen molar-refractivity contribution in [3.63, 3.8) is 0 Å². The predicted molar refractivity (Wildman–Crippen MR) is 134 cm³/mol. The molecule has 3 rings (SSSR count). The van der Waals surface area contributed by atoms with Crippen LogP contribution in [0.5, 0.6) is 0 Å². The van der Waals surface area contributed by atoms with Gasteiger partial charge < -0.3 is 9.64 Å². The predicted octanol–water partition coefficient (Wildman–Crippen LogP) is 5.95. The van der Waals surface area contributed by atoms with Crippen molar-refractivity contribution in [2.75, 3.05) is 7.05 Å². The lowest BCUT2D eigenvalue weighted by atomic mass is 10.0. The van der Waals surface area contributed by atoms with E-state index in [2.05, 4.69) is 45.2 Å². The van der Waals surface area contributed by atoms with Crippen LogP contribution in [-0.2, 0) is 4.74 Å². The summed E-state index contributed by atoms with van der Waals surface area (Å²) >= 11 is 4.28. The molecule has 0 aliphatic rings. The smallest absolute Gasteiger partial charge is 0.339 e. The maximum atomic E-state index is 13.1. The Hall–Kier alpha value is -1.94. The summed E-state index contributed by atoms with van der Waals surface area (Å²) < 4.78 is 7.67. The minimum Gasteiger partial charge on any atom is -0.452 e. The van der Waals surface area contributed by atoms with Crippen LogP contribution in [0.1, 0.15) is 39.3 Å². The van der Waals surface area contributed by atoms with Crippen LogP contribution in [0, 0.1) is 7.14 Å². The van der Waals surface area contributed by atoms with E-state index in [9.17, 15) is 9.59 Å². The first-order valence-corrected chi connectivity index (χ1v) is 11.6. The topological polar surface area (TPSA) is 46.6 Å². The Labute approximate surface area is 203 Å². The Morgan fingerprint density at radius 3 is 1.87 bits per heavy atom. The molecule has 0 N–H and O–H groups in total. The molecule has 0 saturated heterocycles. The molecule has 0 aliphatic heterocycles. The molecule has 3 aromatic carbocycles. The number of carbonyl (C=O) groups excluding carboxylic acids is 2. The molecule has 1 unspecified atom stereocenters. The minimum absolute atomic E-state index is 0.112. The highest BCUT2D eigenvalue weighted by Gasteiger charge is 2.31. The van der Waals surface area contributed by atoms with E-state index >= 15 is 0 Å². The normalized spacial score (nSPS) is 12.7. The Kier molecular flexibility index (Phi) is 7.87. The zero-order chi connectivity index (χ0) is 21.7. The molecule has 3 aromatic rings. The number of carbonyl (C=O) groups is 2. The van der Waals surface area contributed by atoms with Gasteiger partial charge in [0.25, 0.3) is 5.91 Å². The average Bonchev–Trinajstić information content (AvgIpc) is 2.77. The Morgan fingerprint density at radius 1 is 0.800 bits per heavy atom. The van der Waals surface area contributed by atoms with Crippen molar-refractivity contribution in [1.82, 2.24) is 4.90 Å². The maximum Gasteiger partial charge on any atom is 0.339 e. The van der Waals surface area contributed by atoms with Gasteiger partial charge in [-0.3, -0.25) is 4.79 Å². The molecule has 4 nitrogen and oxygen atoms in total. The van der Waals surface area contributed by atoms with Crippen molar-refractivity contribution >= 4 is 57.1 Å². The number of halogens is 2. The number of nitrogens with zero attached hydrogens (tertiary/aromatic N) is 1. The summed E-state index contributed by atoms with van der Waals surface area (Å²) in [6, 6.07) is 23.9. The number of rotatable bonds is 6. The van der Waals surface area contributed by atoms with Crippen LogP contribution in [0.25, 0.3) is 0 Å². The van der Waals surface area contributed by atoms with Crippen molar-refractivity contribution in [1.29, 1.82) is 0 Å². The van der Waals surface area contributed by atoms with Crippen molar-refractivity contribution in [3.8, 4) is 0 Å². The molecular weight excluding hydrogens is 604 g/mol. The van der Waals surface area contributed by atoms with E-state index in [0.29, 0.717) is 11.1 Å². The fraction of sp³-hybridized carbons (Fsp3) is 0.167. The fourth-order valence-electron chi connectivity index (χ4n) is 3.11. The van der Waals surface area contributed by atoms with Gasteiger partial charge in [0, 0.05) is 14.2 Å². The second-order valence-corrected chi connectivity index (χ2v) is 9.18. The highest BCUT2D eigenvalue weighted by Crippen LogP contribution is 2.28. The third-order valence-electron chi connectivity index (χ3n) is 4.93. The van der Waals surface area contributed by atoms with Crippen LogP contribution in [0.15, 0.2) is 78.9 Å². The Morgan fingerprint density at radius 2 is 1.30 bits per heavy atom. The number of hydrogen-bond acceptors (Lipinski definition) is 3. The highest BCUT2D eigenvalue weighted by molar-refractivity contribution is 14.1. The second-order valence-electron chi connectivity index (χ2n) is 6.85. The van der Waals surface area contributed by atoms with Crippen LogP contribution in [0.2, 0.25) is 0 Å². The fourth-order valence-corrected chi connectivity index (χ4v) is 4.33. The van der Waals surface area contributed by atoms with Crippen LogP contribution < -0.4 is 0 Å². The molecular formula is C24H21I2NO3. The molecule has 6 heteroatoms. The first kappa shape index (κ1) is 22.7. The molecule has 154 valence electrons. The first-order chi connectivity index (χ1) is 14.4. The van der Waals surface area contributed by atoms with E-state index in [1.807, 2.05) is 79.7 Å². The lowest BCUT2D eigenvalue weighted by molar-refractivity contribution is 0.00554. The monoisotopic (exact) mass is 625 g/mol. The van der Waals surface area contributed by atoms with Gasteiger partial charge in [-0.1, -0.05) is 54.6 Å². The molecule has 30 heavy (non-hydrogen) atoms. The average molecular weight is 625 g/mol. The van der Waals surface area contributed by atoms with Crippen LogP contribution in [0.3, 0.4) is 0 Å². The van der Waals surface area contributed by atoms with E-state index in [1.54, 1.807) is 18.0 Å². The largest absolute Gasteiger partial charge is 0.452 e. The number of ether oxygens (including phenoxy) is 1. The lowest BCUT2D eigenvalue weighted by Crippen LogP contribution is -2.40. The zero-order valence-electron chi connectivity index (χ0n) is 16.6. The summed E-state index contributed by atoms with van der Waals surface area (Å²) in [5, 5.41) is 0. The number of amides is 1. The number of hydrogen-bond donors (Lipinski definition) is 0. The van der Waals surface area contributed by atoms with Gasteiger partial charge in [-0.05, 0) is 81.9 Å². The van der Waals surface area contributed by atoms with E-state index in [-0.39, 0.29) is 11.9 Å². The van der Waals surface area contributed by atoms with E-state index < -0.39 is 12.1 Å². The summed E-state index contributed by atoms with van der Waals surface area (Å²) in [4.78, 5) is 27.7. The van der Waals surface area contributed by atoms with Crippen LogP contribution >= 0.6 is 45.2 Å². The van der Waals surface area contributed by atoms with Gasteiger partial charge in [-0.25, -0.2) is 4.79 Å². The quantitative estimate of drug-likeness (QED) is 0.251.